The van der Waals surface area contributed by atoms with Crippen LogP contribution in [-0.2, 0) is 4.74 Å². The molecule has 0 atom stereocenters. The molecular formula is C10H12FNO3. The van der Waals surface area contributed by atoms with Crippen molar-refractivity contribution >= 4 is 5.69 Å². The second kappa shape index (κ2) is 3.94. The molecule has 0 radical (unpaired) electrons. The van der Waals surface area contributed by atoms with Gasteiger partial charge in [-0.15, -0.1) is 0 Å². The molecule has 15 heavy (non-hydrogen) atoms. The van der Waals surface area contributed by atoms with Gasteiger partial charge in [-0.2, -0.15) is 0 Å². The number of rotatable bonds is 3. The van der Waals surface area contributed by atoms with Crippen LogP contribution < -0.4 is 15.2 Å². The number of methoxy groups -OCH3 is 1. The molecular weight excluding hydrogens is 201 g/mol. The smallest absolute Gasteiger partial charge is 0.167 e. The second-order valence-electron chi connectivity index (χ2n) is 3.30. The zero-order valence-electron chi connectivity index (χ0n) is 8.33. The van der Waals surface area contributed by atoms with Crippen LogP contribution in [0.15, 0.2) is 12.1 Å². The summed E-state index contributed by atoms with van der Waals surface area (Å²) in [6.45, 7) is 0.984. The second-order valence-corrected chi connectivity index (χ2v) is 3.30. The molecule has 2 rings (SSSR count). The number of halogens is 1. The monoisotopic (exact) mass is 213 g/mol. The highest BCUT2D eigenvalue weighted by Crippen LogP contribution is 2.30. The van der Waals surface area contributed by atoms with E-state index in [9.17, 15) is 4.39 Å². The van der Waals surface area contributed by atoms with Crippen LogP contribution in [0, 0.1) is 5.82 Å². The quantitative estimate of drug-likeness (QED) is 0.766. The first-order valence-corrected chi connectivity index (χ1v) is 4.58. The maximum Gasteiger partial charge on any atom is 0.167 e. The van der Waals surface area contributed by atoms with Crippen molar-refractivity contribution in [2.75, 3.05) is 26.1 Å². The molecule has 0 saturated carbocycles. The first kappa shape index (κ1) is 10.0. The van der Waals surface area contributed by atoms with Crippen LogP contribution >= 0.6 is 0 Å². The van der Waals surface area contributed by atoms with Gasteiger partial charge in [0.15, 0.2) is 11.6 Å². The van der Waals surface area contributed by atoms with Crippen molar-refractivity contribution in [3.05, 3.63) is 17.9 Å². The number of benzene rings is 1. The van der Waals surface area contributed by atoms with E-state index in [2.05, 4.69) is 0 Å². The molecule has 0 amide bonds. The topological polar surface area (TPSA) is 53.7 Å². The Kier molecular flexibility index (Phi) is 2.64. The molecule has 4 nitrogen and oxygen atoms in total. The Bertz CT molecular complexity index is 366. The number of anilines is 1. The fraction of sp³-hybridized carbons (Fsp3) is 0.400. The summed E-state index contributed by atoms with van der Waals surface area (Å²) < 4.78 is 28.6. The summed E-state index contributed by atoms with van der Waals surface area (Å²) in [6.07, 6.45) is -0.0761. The average Bonchev–Trinajstić information content (AvgIpc) is 2.14. The Hall–Kier alpha value is -1.49. The first-order chi connectivity index (χ1) is 7.20. The zero-order valence-corrected chi connectivity index (χ0v) is 8.33. The summed E-state index contributed by atoms with van der Waals surface area (Å²) in [5.41, 5.74) is 5.79. The molecule has 0 unspecified atom stereocenters. The molecule has 5 heteroatoms. The number of hydrogen-bond acceptors (Lipinski definition) is 4. The van der Waals surface area contributed by atoms with Crippen LogP contribution in [0.1, 0.15) is 0 Å². The van der Waals surface area contributed by atoms with Gasteiger partial charge >= 0.3 is 0 Å². The Morgan fingerprint density at radius 1 is 1.40 bits per heavy atom. The van der Waals surface area contributed by atoms with Crippen molar-refractivity contribution in [1.29, 1.82) is 0 Å². The van der Waals surface area contributed by atoms with E-state index in [4.69, 9.17) is 19.9 Å². The third-order valence-corrected chi connectivity index (χ3v) is 2.19. The van der Waals surface area contributed by atoms with Crippen molar-refractivity contribution < 1.29 is 18.6 Å². The Morgan fingerprint density at radius 3 is 2.67 bits per heavy atom. The van der Waals surface area contributed by atoms with E-state index in [-0.39, 0.29) is 17.5 Å². The first-order valence-electron chi connectivity index (χ1n) is 4.58. The van der Waals surface area contributed by atoms with Crippen LogP contribution in [0.4, 0.5) is 10.1 Å². The molecule has 1 fully saturated rings. The van der Waals surface area contributed by atoms with Crippen molar-refractivity contribution in [1.82, 2.24) is 0 Å². The third kappa shape index (κ3) is 1.97. The standard InChI is InChI=1S/C10H12FNO3/c1-13-10-3-9(7(11)2-8(10)12)15-6-4-14-5-6/h2-3,6H,4-5,12H2,1H3. The predicted octanol–water partition coefficient (Wildman–Crippen LogP) is 1.19. The highest BCUT2D eigenvalue weighted by atomic mass is 19.1. The van der Waals surface area contributed by atoms with Crippen molar-refractivity contribution in [2.45, 2.75) is 6.10 Å². The number of hydrogen-bond donors (Lipinski definition) is 1. The Labute approximate surface area is 86.7 Å². The molecule has 1 heterocycles. The largest absolute Gasteiger partial charge is 0.494 e. The van der Waals surface area contributed by atoms with Crippen LogP contribution in [0.2, 0.25) is 0 Å². The molecule has 0 aromatic heterocycles. The fourth-order valence-electron chi connectivity index (χ4n) is 1.28. The summed E-state index contributed by atoms with van der Waals surface area (Å²) >= 11 is 0. The molecule has 2 N–H and O–H groups in total. The van der Waals surface area contributed by atoms with Crippen LogP contribution in [0.3, 0.4) is 0 Å². The van der Waals surface area contributed by atoms with Gasteiger partial charge < -0.3 is 19.9 Å². The van der Waals surface area contributed by atoms with Crippen molar-refractivity contribution in [3.8, 4) is 11.5 Å². The van der Waals surface area contributed by atoms with E-state index in [1.807, 2.05) is 0 Å². The van der Waals surface area contributed by atoms with E-state index < -0.39 is 5.82 Å². The van der Waals surface area contributed by atoms with E-state index >= 15 is 0 Å². The predicted molar refractivity (Wildman–Crippen MR) is 52.6 cm³/mol. The third-order valence-electron chi connectivity index (χ3n) is 2.19. The summed E-state index contributed by atoms with van der Waals surface area (Å²) in [5.74, 6) is 0.0705. The van der Waals surface area contributed by atoms with Gasteiger partial charge in [-0.25, -0.2) is 4.39 Å². The summed E-state index contributed by atoms with van der Waals surface area (Å²) in [7, 11) is 1.47. The number of nitrogens with two attached hydrogens (primary N) is 1. The van der Waals surface area contributed by atoms with Crippen molar-refractivity contribution in [2.24, 2.45) is 0 Å². The SMILES string of the molecule is COc1cc(OC2COC2)c(F)cc1N. The van der Waals surface area contributed by atoms with Gasteiger partial charge in [0.2, 0.25) is 0 Å². The lowest BCUT2D eigenvalue weighted by atomic mass is 10.2. The van der Waals surface area contributed by atoms with E-state index in [1.54, 1.807) is 0 Å². The van der Waals surface area contributed by atoms with Gasteiger partial charge in [0.1, 0.15) is 11.9 Å². The molecule has 82 valence electrons. The van der Waals surface area contributed by atoms with E-state index in [1.165, 1.54) is 19.2 Å². The van der Waals surface area contributed by atoms with Gasteiger partial charge in [0.25, 0.3) is 0 Å². The van der Waals surface area contributed by atoms with Gasteiger partial charge in [0, 0.05) is 12.1 Å². The molecule has 1 aromatic rings. The fourth-order valence-corrected chi connectivity index (χ4v) is 1.28. The van der Waals surface area contributed by atoms with Gasteiger partial charge in [0.05, 0.1) is 26.0 Å². The normalized spacial score (nSPS) is 15.9. The molecule has 1 aliphatic rings. The average molecular weight is 213 g/mol. The zero-order chi connectivity index (χ0) is 10.8. The molecule has 1 saturated heterocycles. The molecule has 1 aliphatic heterocycles. The van der Waals surface area contributed by atoms with Crippen LogP contribution in [0.5, 0.6) is 11.5 Å². The van der Waals surface area contributed by atoms with E-state index in [0.717, 1.165) is 0 Å². The van der Waals surface area contributed by atoms with Gasteiger partial charge in [-0.1, -0.05) is 0 Å². The Morgan fingerprint density at radius 2 is 2.13 bits per heavy atom. The minimum atomic E-state index is -0.486. The maximum absolute atomic E-state index is 13.4. The number of ether oxygens (including phenoxy) is 3. The highest BCUT2D eigenvalue weighted by Gasteiger charge is 2.22. The minimum Gasteiger partial charge on any atom is -0.494 e. The summed E-state index contributed by atoms with van der Waals surface area (Å²) in [5, 5.41) is 0. The van der Waals surface area contributed by atoms with Crippen molar-refractivity contribution in [3.63, 3.8) is 0 Å². The van der Waals surface area contributed by atoms with Gasteiger partial charge in [-0.3, -0.25) is 0 Å². The Balaban J connectivity index is 2.21. The lowest BCUT2D eigenvalue weighted by Gasteiger charge is -2.27. The summed E-state index contributed by atoms with van der Waals surface area (Å²) in [4.78, 5) is 0. The lowest BCUT2D eigenvalue weighted by molar-refractivity contribution is -0.0809. The maximum atomic E-state index is 13.4. The molecule has 0 bridgehead atoms. The molecule has 0 spiro atoms. The van der Waals surface area contributed by atoms with Gasteiger partial charge in [-0.05, 0) is 0 Å². The van der Waals surface area contributed by atoms with E-state index in [0.29, 0.717) is 19.0 Å². The van der Waals surface area contributed by atoms with Crippen LogP contribution in [-0.4, -0.2) is 26.4 Å². The van der Waals surface area contributed by atoms with Crippen LogP contribution in [0.25, 0.3) is 0 Å². The highest BCUT2D eigenvalue weighted by molar-refractivity contribution is 5.56. The summed E-state index contributed by atoms with van der Waals surface area (Å²) in [6, 6.07) is 2.64. The lowest BCUT2D eigenvalue weighted by Crippen LogP contribution is -2.38. The minimum absolute atomic E-state index is 0.0761. The molecule has 1 aromatic carbocycles. The number of nitrogen functional groups attached to an aromatic ring is 1. The molecule has 0 aliphatic carbocycles.